The summed E-state index contributed by atoms with van der Waals surface area (Å²) in [5, 5.41) is 0. The molecule has 6 nitrogen and oxygen atoms in total. The second kappa shape index (κ2) is 12.1. The number of pyridine rings is 1. The average Bonchev–Trinajstić information content (AvgIpc) is 2.59. The summed E-state index contributed by atoms with van der Waals surface area (Å²) in [6.07, 6.45) is 3.65. The third-order valence-electron chi connectivity index (χ3n) is 3.42. The minimum atomic E-state index is -2.59. The maximum atomic E-state index is 12.7. The Morgan fingerprint density at radius 3 is 2.20 bits per heavy atom. The van der Waals surface area contributed by atoms with E-state index in [4.69, 9.17) is 18.0 Å². The van der Waals surface area contributed by atoms with Gasteiger partial charge in [-0.1, -0.05) is 6.42 Å². The van der Waals surface area contributed by atoms with E-state index >= 15 is 0 Å². The second-order valence-corrected chi connectivity index (χ2v) is 8.03. The van der Waals surface area contributed by atoms with E-state index in [0.29, 0.717) is 26.4 Å². The molecule has 0 saturated carbocycles. The molecule has 8 heteroatoms. The Labute approximate surface area is 150 Å². The van der Waals surface area contributed by atoms with Gasteiger partial charge in [-0.3, -0.25) is 0 Å². The molecule has 0 radical (unpaired) electrons. The van der Waals surface area contributed by atoms with Gasteiger partial charge in [0, 0.05) is 32.1 Å². The Bertz CT molecular complexity index is 483. The lowest BCUT2D eigenvalue weighted by Gasteiger charge is -2.28. The van der Waals surface area contributed by atoms with Crippen LogP contribution < -0.4 is 0 Å². The molecule has 1 rings (SSSR count). The van der Waals surface area contributed by atoms with Crippen molar-refractivity contribution in [2.75, 3.05) is 26.4 Å². The van der Waals surface area contributed by atoms with Crippen molar-refractivity contribution in [1.82, 2.24) is 4.98 Å². The van der Waals surface area contributed by atoms with Crippen LogP contribution in [0.4, 0.5) is 4.39 Å². The van der Waals surface area contributed by atoms with Crippen LogP contribution in [0, 0.1) is 5.95 Å². The number of rotatable bonds is 13. The van der Waals surface area contributed by atoms with Gasteiger partial charge in [-0.2, -0.15) is 4.39 Å². The SMILES string of the molecule is CCO[Si](CCCCCOC(=O)c1ccc(F)nc1)(OCC)OCC. The van der Waals surface area contributed by atoms with Crippen LogP contribution in [0.5, 0.6) is 0 Å². The van der Waals surface area contributed by atoms with Crippen LogP contribution in [-0.4, -0.2) is 46.2 Å². The fourth-order valence-electron chi connectivity index (χ4n) is 2.37. The number of carbonyl (C=O) groups excluding carboxylic acids is 1. The van der Waals surface area contributed by atoms with E-state index in [1.165, 1.54) is 12.3 Å². The molecular formula is C17H28FNO5Si. The average molecular weight is 373 g/mol. The van der Waals surface area contributed by atoms with Gasteiger partial charge >= 0.3 is 14.8 Å². The lowest BCUT2D eigenvalue weighted by molar-refractivity contribution is 0.0493. The van der Waals surface area contributed by atoms with Crippen molar-refractivity contribution in [2.45, 2.75) is 46.1 Å². The summed E-state index contributed by atoms with van der Waals surface area (Å²) in [5.74, 6) is -1.11. The molecule has 1 heterocycles. The molecule has 0 N–H and O–H groups in total. The van der Waals surface area contributed by atoms with Gasteiger partial charge in [0.15, 0.2) is 0 Å². The number of aromatic nitrogens is 1. The van der Waals surface area contributed by atoms with Crippen molar-refractivity contribution in [3.05, 3.63) is 29.8 Å². The van der Waals surface area contributed by atoms with Crippen molar-refractivity contribution in [3.63, 3.8) is 0 Å². The second-order valence-electron chi connectivity index (χ2n) is 5.30. The summed E-state index contributed by atoms with van der Waals surface area (Å²) >= 11 is 0. The number of ether oxygens (including phenoxy) is 1. The molecule has 25 heavy (non-hydrogen) atoms. The summed E-state index contributed by atoms with van der Waals surface area (Å²) in [4.78, 5) is 15.2. The smallest absolute Gasteiger partial charge is 0.462 e. The molecule has 0 bridgehead atoms. The fourth-order valence-corrected chi connectivity index (χ4v) is 5.05. The van der Waals surface area contributed by atoms with Crippen LogP contribution in [-0.2, 0) is 18.0 Å². The molecule has 0 spiro atoms. The standard InChI is InChI=1S/C17H28FNO5Si/c1-4-22-25(23-5-2,24-6-3)13-9-7-8-12-21-17(20)15-10-11-16(18)19-14-15/h10-11,14H,4-9,12-13H2,1-3H3. The lowest BCUT2D eigenvalue weighted by atomic mass is 10.2. The topological polar surface area (TPSA) is 66.9 Å². The summed E-state index contributed by atoms with van der Waals surface area (Å²) in [7, 11) is -2.59. The predicted molar refractivity (Wildman–Crippen MR) is 93.8 cm³/mol. The van der Waals surface area contributed by atoms with E-state index < -0.39 is 20.7 Å². The molecule has 1 aromatic heterocycles. The van der Waals surface area contributed by atoms with E-state index in [1.54, 1.807) is 0 Å². The van der Waals surface area contributed by atoms with Gasteiger partial charge in [0.1, 0.15) is 0 Å². The molecule has 0 aliphatic heterocycles. The minimum absolute atomic E-state index is 0.247. The molecule has 0 aromatic carbocycles. The molecule has 0 amide bonds. The highest BCUT2D eigenvalue weighted by atomic mass is 28.4. The van der Waals surface area contributed by atoms with Crippen molar-refractivity contribution >= 4 is 14.8 Å². The lowest BCUT2D eigenvalue weighted by Crippen LogP contribution is -2.45. The molecular weight excluding hydrogens is 345 g/mol. The number of unbranched alkanes of at least 4 members (excludes halogenated alkanes) is 2. The first-order chi connectivity index (χ1) is 12.1. The van der Waals surface area contributed by atoms with Crippen LogP contribution in [0.25, 0.3) is 0 Å². The van der Waals surface area contributed by atoms with Gasteiger partial charge in [-0.05, 0) is 45.7 Å². The number of hydrogen-bond acceptors (Lipinski definition) is 6. The van der Waals surface area contributed by atoms with Crippen molar-refractivity contribution in [3.8, 4) is 0 Å². The van der Waals surface area contributed by atoms with Gasteiger partial charge in [-0.15, -0.1) is 0 Å². The highest BCUT2D eigenvalue weighted by molar-refractivity contribution is 6.60. The van der Waals surface area contributed by atoms with E-state index in [-0.39, 0.29) is 5.56 Å². The Morgan fingerprint density at radius 1 is 1.04 bits per heavy atom. The van der Waals surface area contributed by atoms with Crippen LogP contribution in [0.2, 0.25) is 6.04 Å². The molecule has 0 saturated heterocycles. The summed E-state index contributed by atoms with van der Waals surface area (Å²) in [6, 6.07) is 3.24. The highest BCUT2D eigenvalue weighted by Crippen LogP contribution is 2.20. The molecule has 0 atom stereocenters. The third-order valence-corrected chi connectivity index (χ3v) is 6.57. The van der Waals surface area contributed by atoms with Crippen molar-refractivity contribution in [2.24, 2.45) is 0 Å². The Balaban J connectivity index is 2.29. The van der Waals surface area contributed by atoms with Crippen LogP contribution in [0.3, 0.4) is 0 Å². The molecule has 0 aliphatic rings. The fraction of sp³-hybridized carbons (Fsp3) is 0.647. The van der Waals surface area contributed by atoms with Gasteiger partial charge in [-0.25, -0.2) is 9.78 Å². The maximum absolute atomic E-state index is 12.7. The summed E-state index contributed by atoms with van der Waals surface area (Å²) in [5.41, 5.74) is 0.247. The molecule has 0 fully saturated rings. The monoisotopic (exact) mass is 373 g/mol. The first kappa shape index (κ1) is 21.7. The number of halogens is 1. The van der Waals surface area contributed by atoms with Crippen LogP contribution in [0.1, 0.15) is 50.4 Å². The predicted octanol–water partition coefficient (Wildman–Crippen LogP) is 3.60. The van der Waals surface area contributed by atoms with E-state index in [0.717, 1.165) is 31.4 Å². The molecule has 142 valence electrons. The number of hydrogen-bond donors (Lipinski definition) is 0. The Morgan fingerprint density at radius 2 is 1.68 bits per heavy atom. The number of esters is 1. The van der Waals surface area contributed by atoms with Crippen LogP contribution in [0.15, 0.2) is 18.3 Å². The van der Waals surface area contributed by atoms with Crippen molar-refractivity contribution < 1.29 is 27.2 Å². The Kier molecular flexibility index (Phi) is 10.5. The zero-order valence-corrected chi connectivity index (χ0v) is 16.3. The zero-order chi connectivity index (χ0) is 18.5. The van der Waals surface area contributed by atoms with Gasteiger partial charge < -0.3 is 18.0 Å². The highest BCUT2D eigenvalue weighted by Gasteiger charge is 2.39. The van der Waals surface area contributed by atoms with Gasteiger partial charge in [0.2, 0.25) is 5.95 Å². The van der Waals surface area contributed by atoms with E-state index in [2.05, 4.69) is 4.98 Å². The van der Waals surface area contributed by atoms with Gasteiger partial charge in [0.25, 0.3) is 0 Å². The third kappa shape index (κ3) is 8.04. The number of carbonyl (C=O) groups is 1. The van der Waals surface area contributed by atoms with Crippen molar-refractivity contribution in [1.29, 1.82) is 0 Å². The van der Waals surface area contributed by atoms with Gasteiger partial charge in [0.05, 0.1) is 12.2 Å². The molecule has 0 unspecified atom stereocenters. The van der Waals surface area contributed by atoms with E-state index in [9.17, 15) is 9.18 Å². The van der Waals surface area contributed by atoms with Crippen LogP contribution >= 0.6 is 0 Å². The first-order valence-electron chi connectivity index (χ1n) is 8.77. The first-order valence-corrected chi connectivity index (χ1v) is 10.7. The summed E-state index contributed by atoms with van der Waals surface area (Å²) < 4.78 is 35.3. The normalized spacial score (nSPS) is 11.5. The zero-order valence-electron chi connectivity index (χ0n) is 15.3. The maximum Gasteiger partial charge on any atom is 0.500 e. The molecule has 0 aliphatic carbocycles. The quantitative estimate of drug-likeness (QED) is 0.228. The largest absolute Gasteiger partial charge is 0.500 e. The number of nitrogens with zero attached hydrogens (tertiary/aromatic N) is 1. The Hall–Kier alpha value is -1.35. The molecule has 1 aromatic rings. The minimum Gasteiger partial charge on any atom is -0.462 e. The summed E-state index contributed by atoms with van der Waals surface area (Å²) in [6.45, 7) is 7.81. The van der Waals surface area contributed by atoms with E-state index in [1.807, 2.05) is 20.8 Å².